The predicted molar refractivity (Wildman–Crippen MR) is 107 cm³/mol. The highest BCUT2D eigenvalue weighted by Gasteiger charge is 2.13. The molecule has 1 heterocycles. The van der Waals surface area contributed by atoms with Crippen molar-refractivity contribution in [2.75, 3.05) is 10.6 Å². The molecular weight excluding hydrogens is 324 g/mol. The number of nitrogens with zero attached hydrogens (tertiary/aromatic N) is 2. The Hall–Kier alpha value is -2.30. The van der Waals surface area contributed by atoms with Crippen molar-refractivity contribution < 1.29 is 4.74 Å². The molecule has 0 bridgehead atoms. The lowest BCUT2D eigenvalue weighted by molar-refractivity contribution is 0.242. The van der Waals surface area contributed by atoms with Gasteiger partial charge in [0.15, 0.2) is 0 Å². The van der Waals surface area contributed by atoms with Gasteiger partial charge in [-0.3, -0.25) is 0 Å². The molecule has 0 atom stereocenters. The van der Waals surface area contributed by atoms with Gasteiger partial charge in [-0.05, 0) is 57.9 Å². The number of anilines is 3. The van der Waals surface area contributed by atoms with Crippen LogP contribution in [0.2, 0.25) is 0 Å². The molecule has 1 aliphatic rings. The van der Waals surface area contributed by atoms with Crippen LogP contribution in [0.25, 0.3) is 0 Å². The maximum Gasteiger partial charge on any atom is 0.136 e. The van der Waals surface area contributed by atoms with Gasteiger partial charge in [-0.15, -0.1) is 0 Å². The summed E-state index contributed by atoms with van der Waals surface area (Å²) in [5.74, 6) is 3.36. The van der Waals surface area contributed by atoms with Crippen LogP contribution < -0.4 is 15.4 Å². The molecule has 5 nitrogen and oxygen atoms in total. The molecule has 0 radical (unpaired) electrons. The Kier molecular flexibility index (Phi) is 6.31. The molecule has 1 aromatic heterocycles. The van der Waals surface area contributed by atoms with Crippen LogP contribution in [0, 0.1) is 6.92 Å². The zero-order valence-electron chi connectivity index (χ0n) is 16.1. The summed E-state index contributed by atoms with van der Waals surface area (Å²) in [5, 5.41) is 6.98. The number of aryl methyl sites for hydroxylation is 1. The van der Waals surface area contributed by atoms with E-state index in [9.17, 15) is 0 Å². The van der Waals surface area contributed by atoms with Crippen molar-refractivity contribution in [3.63, 3.8) is 0 Å². The average molecular weight is 354 g/mol. The maximum absolute atomic E-state index is 5.69. The van der Waals surface area contributed by atoms with Crippen LogP contribution in [0.1, 0.15) is 58.2 Å². The Balaban J connectivity index is 1.67. The Morgan fingerprint density at radius 3 is 2.27 bits per heavy atom. The third-order valence-electron chi connectivity index (χ3n) is 4.54. The van der Waals surface area contributed by atoms with Gasteiger partial charge in [0.1, 0.15) is 23.2 Å². The van der Waals surface area contributed by atoms with Crippen LogP contribution in [0.4, 0.5) is 17.3 Å². The van der Waals surface area contributed by atoms with E-state index in [2.05, 4.69) is 20.6 Å². The van der Waals surface area contributed by atoms with Crippen LogP contribution >= 0.6 is 0 Å². The Morgan fingerprint density at radius 1 is 0.962 bits per heavy atom. The van der Waals surface area contributed by atoms with E-state index in [4.69, 9.17) is 4.74 Å². The second-order valence-corrected chi connectivity index (χ2v) is 7.33. The lowest BCUT2D eigenvalue weighted by Gasteiger charge is -2.18. The van der Waals surface area contributed by atoms with Gasteiger partial charge in [0, 0.05) is 17.8 Å². The number of hydrogen-bond acceptors (Lipinski definition) is 5. The largest absolute Gasteiger partial charge is 0.491 e. The monoisotopic (exact) mass is 354 g/mol. The summed E-state index contributed by atoms with van der Waals surface area (Å²) in [7, 11) is 0. The minimum Gasteiger partial charge on any atom is -0.491 e. The van der Waals surface area contributed by atoms with Crippen molar-refractivity contribution in [1.29, 1.82) is 0 Å². The van der Waals surface area contributed by atoms with E-state index in [1.54, 1.807) is 0 Å². The second kappa shape index (κ2) is 8.88. The minimum atomic E-state index is 0.177. The first-order chi connectivity index (χ1) is 12.6. The van der Waals surface area contributed by atoms with E-state index in [1.807, 2.05) is 51.1 Å². The number of ether oxygens (including phenoxy) is 1. The zero-order valence-corrected chi connectivity index (χ0v) is 16.1. The van der Waals surface area contributed by atoms with Gasteiger partial charge >= 0.3 is 0 Å². The lowest BCUT2D eigenvalue weighted by Crippen LogP contribution is -2.19. The fourth-order valence-electron chi connectivity index (χ4n) is 3.38. The van der Waals surface area contributed by atoms with Crippen LogP contribution in [-0.2, 0) is 0 Å². The molecule has 5 heteroatoms. The summed E-state index contributed by atoms with van der Waals surface area (Å²) in [6, 6.07) is 10.5. The number of hydrogen-bond donors (Lipinski definition) is 2. The van der Waals surface area contributed by atoms with Crippen molar-refractivity contribution in [3.05, 3.63) is 36.2 Å². The molecule has 2 N–H and O–H groups in total. The van der Waals surface area contributed by atoms with Crippen molar-refractivity contribution in [3.8, 4) is 5.75 Å². The molecule has 1 aliphatic carbocycles. The van der Waals surface area contributed by atoms with Gasteiger partial charge in [-0.25, -0.2) is 9.97 Å². The van der Waals surface area contributed by atoms with Gasteiger partial charge in [0.05, 0.1) is 6.10 Å². The third kappa shape index (κ3) is 5.61. The van der Waals surface area contributed by atoms with Gasteiger partial charge in [0.2, 0.25) is 0 Å². The Labute approximate surface area is 156 Å². The molecule has 0 saturated heterocycles. The summed E-state index contributed by atoms with van der Waals surface area (Å²) in [6.07, 6.45) is 7.94. The fourth-order valence-corrected chi connectivity index (χ4v) is 3.38. The predicted octanol–water partition coefficient (Wildman–Crippen LogP) is 5.45. The first-order valence-electron chi connectivity index (χ1n) is 9.74. The van der Waals surface area contributed by atoms with E-state index >= 15 is 0 Å². The van der Waals surface area contributed by atoms with Crippen molar-refractivity contribution >= 4 is 17.3 Å². The summed E-state index contributed by atoms with van der Waals surface area (Å²) >= 11 is 0. The first-order valence-corrected chi connectivity index (χ1v) is 9.74. The lowest BCUT2D eigenvalue weighted by atomic mass is 10.1. The van der Waals surface area contributed by atoms with Crippen LogP contribution in [0.5, 0.6) is 5.75 Å². The molecule has 140 valence electrons. The molecule has 1 aromatic carbocycles. The highest BCUT2D eigenvalue weighted by atomic mass is 16.5. The summed E-state index contributed by atoms with van der Waals surface area (Å²) in [5.41, 5.74) is 0.986. The highest BCUT2D eigenvalue weighted by molar-refractivity contribution is 5.60. The van der Waals surface area contributed by atoms with Crippen LogP contribution in [0.3, 0.4) is 0 Å². The number of nitrogens with one attached hydrogen (secondary N) is 2. The van der Waals surface area contributed by atoms with Gasteiger partial charge in [0.25, 0.3) is 0 Å². The summed E-state index contributed by atoms with van der Waals surface area (Å²) in [4.78, 5) is 9.08. The van der Waals surface area contributed by atoms with Crippen molar-refractivity contribution in [2.24, 2.45) is 0 Å². The quantitative estimate of drug-likeness (QED) is 0.675. The van der Waals surface area contributed by atoms with E-state index in [1.165, 1.54) is 38.5 Å². The smallest absolute Gasteiger partial charge is 0.136 e. The average Bonchev–Trinajstić information content (AvgIpc) is 2.84. The maximum atomic E-state index is 5.69. The summed E-state index contributed by atoms with van der Waals surface area (Å²) < 4.78 is 5.69. The second-order valence-electron chi connectivity index (χ2n) is 7.33. The van der Waals surface area contributed by atoms with E-state index in [0.29, 0.717) is 6.04 Å². The Morgan fingerprint density at radius 2 is 1.62 bits per heavy atom. The third-order valence-corrected chi connectivity index (χ3v) is 4.54. The SMILES string of the molecule is Cc1nc(Nc2ccc(OC(C)C)cc2)cc(NC2CCCCCC2)n1. The van der Waals surface area contributed by atoms with Crippen molar-refractivity contribution in [1.82, 2.24) is 9.97 Å². The van der Waals surface area contributed by atoms with Crippen LogP contribution in [0.15, 0.2) is 30.3 Å². The molecular formula is C21H30N4O. The zero-order chi connectivity index (χ0) is 18.4. The topological polar surface area (TPSA) is 59.1 Å². The fraction of sp³-hybridized carbons (Fsp3) is 0.524. The molecule has 0 aliphatic heterocycles. The molecule has 26 heavy (non-hydrogen) atoms. The van der Waals surface area contributed by atoms with Gasteiger partial charge < -0.3 is 15.4 Å². The molecule has 2 aromatic rings. The summed E-state index contributed by atoms with van der Waals surface area (Å²) in [6.45, 7) is 5.99. The number of rotatable bonds is 6. The van der Waals surface area contributed by atoms with Gasteiger partial charge in [-0.2, -0.15) is 0 Å². The highest BCUT2D eigenvalue weighted by Crippen LogP contribution is 2.24. The van der Waals surface area contributed by atoms with E-state index < -0.39 is 0 Å². The minimum absolute atomic E-state index is 0.177. The number of benzene rings is 1. The molecule has 1 saturated carbocycles. The normalized spacial score (nSPS) is 15.5. The molecule has 0 spiro atoms. The van der Waals surface area contributed by atoms with Crippen LogP contribution in [-0.4, -0.2) is 22.1 Å². The molecule has 0 amide bonds. The van der Waals surface area contributed by atoms with Crippen molar-refractivity contribution in [2.45, 2.75) is 71.4 Å². The first kappa shape index (κ1) is 18.5. The number of aromatic nitrogens is 2. The molecule has 0 unspecified atom stereocenters. The van der Waals surface area contributed by atoms with Gasteiger partial charge in [-0.1, -0.05) is 25.7 Å². The standard InChI is InChI=1S/C21H30N4O/c1-15(2)26-19-12-10-18(11-13-19)25-21-14-20(22-16(3)23-21)24-17-8-6-4-5-7-9-17/h10-15,17H,4-9H2,1-3H3,(H2,22,23,24,25). The molecule has 3 rings (SSSR count). The molecule has 1 fully saturated rings. The van der Waals surface area contributed by atoms with E-state index in [0.717, 1.165) is 28.9 Å². The Bertz CT molecular complexity index is 692. The van der Waals surface area contributed by atoms with E-state index in [-0.39, 0.29) is 6.10 Å².